The Hall–Kier alpha value is -0.800. The number of nitrogens with zero attached hydrogens (tertiary/aromatic N) is 1. The minimum Gasteiger partial charge on any atom is -0.307 e. The minimum absolute atomic E-state index is 0.0282. The zero-order valence-corrected chi connectivity index (χ0v) is 10.8. The molecule has 0 saturated carbocycles. The Bertz CT molecular complexity index is 450. The van der Waals surface area contributed by atoms with Gasteiger partial charge in [-0.05, 0) is 43.5 Å². The molecule has 0 N–H and O–H groups in total. The van der Waals surface area contributed by atoms with Crippen molar-refractivity contribution in [3.8, 4) is 0 Å². The Morgan fingerprint density at radius 2 is 2.24 bits per heavy atom. The third kappa shape index (κ3) is 2.40. The summed E-state index contributed by atoms with van der Waals surface area (Å²) < 4.78 is 13.1. The van der Waals surface area contributed by atoms with E-state index in [-0.39, 0.29) is 17.8 Å². The van der Waals surface area contributed by atoms with Crippen LogP contribution in [0, 0.1) is 5.82 Å². The molecule has 0 spiro atoms. The smallest absolute Gasteiger partial charge is 0.260 e. The fourth-order valence-corrected chi connectivity index (χ4v) is 2.37. The number of benzene rings is 1. The summed E-state index contributed by atoms with van der Waals surface area (Å²) in [6, 6.07) is 4.43. The van der Waals surface area contributed by atoms with Crippen LogP contribution in [0.2, 0.25) is 0 Å². The molecule has 1 amide bonds. The highest BCUT2D eigenvalue weighted by atomic mass is 35.5. The quantitative estimate of drug-likeness (QED) is 0.721. The molecule has 0 bridgehead atoms. The second-order valence-electron chi connectivity index (χ2n) is 4.17. The van der Waals surface area contributed by atoms with Gasteiger partial charge in [0, 0.05) is 11.7 Å². The number of carbonyl (C=O) groups excluding carboxylic acids is 1. The van der Waals surface area contributed by atoms with Crippen LogP contribution in [0.5, 0.6) is 0 Å². The normalized spacial score (nSPS) is 19.4. The van der Waals surface area contributed by atoms with E-state index in [1.165, 1.54) is 12.1 Å². The molecule has 1 heterocycles. The van der Waals surface area contributed by atoms with Gasteiger partial charge in [0.25, 0.3) is 5.91 Å². The molecule has 1 aliphatic rings. The van der Waals surface area contributed by atoms with E-state index in [2.05, 4.69) is 0 Å². The first-order valence-electron chi connectivity index (χ1n) is 5.40. The molecular weight excluding hydrogens is 264 g/mol. The van der Waals surface area contributed by atoms with Gasteiger partial charge >= 0.3 is 0 Å². The zero-order chi connectivity index (χ0) is 12.6. The summed E-state index contributed by atoms with van der Waals surface area (Å²) in [5.74, 6) is -0.646. The van der Waals surface area contributed by atoms with Crippen molar-refractivity contribution in [3.63, 3.8) is 0 Å². The lowest BCUT2D eigenvalue weighted by Crippen LogP contribution is -2.44. The summed E-state index contributed by atoms with van der Waals surface area (Å²) in [5.41, 5.74) is 1.53. The number of hydrogen-bond donors (Lipinski definition) is 0. The van der Waals surface area contributed by atoms with Crippen molar-refractivity contribution >= 4 is 34.8 Å². The molecule has 1 aliphatic heterocycles. The number of alkyl halides is 2. The van der Waals surface area contributed by atoms with E-state index >= 15 is 0 Å². The Balaban J connectivity index is 2.43. The molecule has 1 aromatic rings. The Morgan fingerprint density at radius 3 is 2.88 bits per heavy atom. The maximum absolute atomic E-state index is 13.1. The molecular formula is C12H12Cl2FNO. The summed E-state index contributed by atoms with van der Waals surface area (Å²) in [6.07, 6.45) is 1.54. The van der Waals surface area contributed by atoms with Crippen LogP contribution in [-0.2, 0) is 11.2 Å². The van der Waals surface area contributed by atoms with Crippen molar-refractivity contribution in [2.24, 2.45) is 0 Å². The van der Waals surface area contributed by atoms with Gasteiger partial charge in [0.1, 0.15) is 5.82 Å². The average Bonchev–Trinajstić information content (AvgIpc) is 2.28. The molecule has 1 aromatic carbocycles. The summed E-state index contributed by atoms with van der Waals surface area (Å²) in [7, 11) is 0. The number of rotatable bonds is 1. The SMILES string of the molecule is CC1CCc2cc(F)ccc2N1C(=O)C(Cl)Cl. The van der Waals surface area contributed by atoms with Crippen LogP contribution in [0.1, 0.15) is 18.9 Å². The van der Waals surface area contributed by atoms with Gasteiger partial charge in [-0.25, -0.2) is 4.39 Å². The highest BCUT2D eigenvalue weighted by molar-refractivity contribution is 6.54. The second-order valence-corrected chi connectivity index (χ2v) is 5.27. The lowest BCUT2D eigenvalue weighted by molar-refractivity contribution is -0.117. The van der Waals surface area contributed by atoms with E-state index in [0.29, 0.717) is 5.69 Å². The van der Waals surface area contributed by atoms with Crippen LogP contribution in [0.4, 0.5) is 10.1 Å². The number of amides is 1. The third-order valence-corrected chi connectivity index (χ3v) is 3.37. The van der Waals surface area contributed by atoms with Crippen LogP contribution in [0.15, 0.2) is 18.2 Å². The molecule has 2 nitrogen and oxygen atoms in total. The van der Waals surface area contributed by atoms with Crippen molar-refractivity contribution in [3.05, 3.63) is 29.6 Å². The van der Waals surface area contributed by atoms with Crippen molar-refractivity contribution in [2.75, 3.05) is 4.90 Å². The standard InChI is InChI=1S/C12H12Cl2FNO/c1-7-2-3-8-6-9(15)4-5-10(8)16(7)12(17)11(13)14/h4-7,11H,2-3H2,1H3. The van der Waals surface area contributed by atoms with Gasteiger partial charge in [-0.1, -0.05) is 23.2 Å². The largest absolute Gasteiger partial charge is 0.307 e. The van der Waals surface area contributed by atoms with Crippen molar-refractivity contribution < 1.29 is 9.18 Å². The van der Waals surface area contributed by atoms with Crippen molar-refractivity contribution in [2.45, 2.75) is 30.6 Å². The van der Waals surface area contributed by atoms with E-state index in [4.69, 9.17) is 23.2 Å². The van der Waals surface area contributed by atoms with Gasteiger partial charge in [-0.2, -0.15) is 0 Å². The van der Waals surface area contributed by atoms with E-state index in [9.17, 15) is 9.18 Å². The molecule has 0 aromatic heterocycles. The summed E-state index contributed by atoms with van der Waals surface area (Å²) in [4.78, 5) is 12.4. The van der Waals surface area contributed by atoms with Crippen LogP contribution >= 0.6 is 23.2 Å². The summed E-state index contributed by atoms with van der Waals surface area (Å²) in [6.45, 7) is 1.93. The zero-order valence-electron chi connectivity index (χ0n) is 9.29. The lowest BCUT2D eigenvalue weighted by atomic mass is 9.96. The third-order valence-electron chi connectivity index (χ3n) is 3.00. The molecule has 0 radical (unpaired) electrons. The molecule has 0 aliphatic carbocycles. The van der Waals surface area contributed by atoms with Crippen LogP contribution in [-0.4, -0.2) is 16.8 Å². The first kappa shape index (κ1) is 12.7. The molecule has 0 fully saturated rings. The predicted molar refractivity (Wildman–Crippen MR) is 67.2 cm³/mol. The number of aryl methyl sites for hydroxylation is 1. The average molecular weight is 276 g/mol. The second kappa shape index (κ2) is 4.83. The molecule has 1 atom stereocenters. The molecule has 5 heteroatoms. The number of halogens is 3. The number of anilines is 1. The highest BCUT2D eigenvalue weighted by Gasteiger charge is 2.31. The van der Waals surface area contributed by atoms with Gasteiger partial charge in [-0.15, -0.1) is 0 Å². The van der Waals surface area contributed by atoms with Gasteiger partial charge < -0.3 is 4.90 Å². The fourth-order valence-electron chi connectivity index (χ4n) is 2.16. The highest BCUT2D eigenvalue weighted by Crippen LogP contribution is 2.32. The van der Waals surface area contributed by atoms with Gasteiger partial charge in [0.2, 0.25) is 0 Å². The number of fused-ring (bicyclic) bond motifs is 1. The van der Waals surface area contributed by atoms with Crippen LogP contribution < -0.4 is 4.90 Å². The fraction of sp³-hybridized carbons (Fsp3) is 0.417. The Labute approximate surface area is 109 Å². The van der Waals surface area contributed by atoms with Gasteiger partial charge in [0.05, 0.1) is 0 Å². The topological polar surface area (TPSA) is 20.3 Å². The summed E-state index contributed by atoms with van der Waals surface area (Å²) in [5, 5.41) is 0. The van der Waals surface area contributed by atoms with Gasteiger partial charge in [0.15, 0.2) is 4.84 Å². The summed E-state index contributed by atoms with van der Waals surface area (Å²) >= 11 is 11.2. The molecule has 17 heavy (non-hydrogen) atoms. The first-order valence-corrected chi connectivity index (χ1v) is 6.27. The molecule has 0 saturated heterocycles. The van der Waals surface area contributed by atoms with Crippen molar-refractivity contribution in [1.29, 1.82) is 0 Å². The van der Waals surface area contributed by atoms with E-state index < -0.39 is 4.84 Å². The maximum atomic E-state index is 13.1. The van der Waals surface area contributed by atoms with E-state index in [1.54, 1.807) is 11.0 Å². The Kier molecular flexibility index (Phi) is 3.59. The number of hydrogen-bond acceptors (Lipinski definition) is 1. The predicted octanol–water partition coefficient (Wildman–Crippen LogP) is 3.30. The molecule has 92 valence electrons. The Morgan fingerprint density at radius 1 is 1.53 bits per heavy atom. The van der Waals surface area contributed by atoms with Crippen LogP contribution in [0.3, 0.4) is 0 Å². The van der Waals surface area contributed by atoms with E-state index in [0.717, 1.165) is 18.4 Å². The van der Waals surface area contributed by atoms with Crippen molar-refractivity contribution in [1.82, 2.24) is 0 Å². The minimum atomic E-state index is -1.09. The lowest BCUT2D eigenvalue weighted by Gasteiger charge is -2.35. The molecule has 2 rings (SSSR count). The van der Waals surface area contributed by atoms with Gasteiger partial charge in [-0.3, -0.25) is 4.79 Å². The maximum Gasteiger partial charge on any atom is 0.260 e. The monoisotopic (exact) mass is 275 g/mol. The first-order chi connectivity index (χ1) is 8.00. The van der Waals surface area contributed by atoms with Crippen LogP contribution in [0.25, 0.3) is 0 Å². The van der Waals surface area contributed by atoms with E-state index in [1.807, 2.05) is 6.92 Å². The number of carbonyl (C=O) groups is 1. The molecule has 1 unspecified atom stereocenters.